The van der Waals surface area contributed by atoms with Gasteiger partial charge in [0.05, 0.1) is 12.0 Å². The van der Waals surface area contributed by atoms with Crippen LogP contribution in [-0.4, -0.2) is 27.9 Å². The molecule has 2 N–H and O–H groups in total. The van der Waals surface area contributed by atoms with Gasteiger partial charge in [-0.1, -0.05) is 19.1 Å². The van der Waals surface area contributed by atoms with Crippen LogP contribution in [0.4, 0.5) is 10.5 Å². The van der Waals surface area contributed by atoms with Crippen LogP contribution in [0.5, 0.6) is 0 Å². The van der Waals surface area contributed by atoms with E-state index in [-0.39, 0.29) is 6.03 Å². The molecule has 0 aliphatic carbocycles. The van der Waals surface area contributed by atoms with Gasteiger partial charge in [0, 0.05) is 30.4 Å². The normalized spacial score (nSPS) is 10.3. The van der Waals surface area contributed by atoms with Crippen LogP contribution in [0.1, 0.15) is 13.3 Å². The van der Waals surface area contributed by atoms with Gasteiger partial charge in [-0.3, -0.25) is 0 Å². The summed E-state index contributed by atoms with van der Waals surface area (Å²) in [7, 11) is 0. The highest BCUT2D eigenvalue weighted by molar-refractivity contribution is 7.99. The standard InChI is InChI=1S/C15H20N4OS/c1-2-21-14-7-4-3-6-13(14)18-15(20)17-8-5-10-19-11-9-16-12-19/h3-4,6-7,9,11-12H,2,5,8,10H2,1H3,(H2,17,18,20). The van der Waals surface area contributed by atoms with E-state index in [2.05, 4.69) is 22.5 Å². The first-order chi connectivity index (χ1) is 10.3. The van der Waals surface area contributed by atoms with Gasteiger partial charge in [0.15, 0.2) is 0 Å². The van der Waals surface area contributed by atoms with Gasteiger partial charge in [-0.15, -0.1) is 11.8 Å². The van der Waals surface area contributed by atoms with Crippen molar-refractivity contribution in [2.45, 2.75) is 24.8 Å². The minimum atomic E-state index is -0.162. The highest BCUT2D eigenvalue weighted by Gasteiger charge is 2.05. The second-order valence-electron chi connectivity index (χ2n) is 4.46. The molecule has 2 aromatic rings. The van der Waals surface area contributed by atoms with Crippen LogP contribution in [0.2, 0.25) is 0 Å². The van der Waals surface area contributed by atoms with E-state index in [1.165, 1.54) is 0 Å². The Balaban J connectivity index is 1.74. The minimum Gasteiger partial charge on any atom is -0.338 e. The second-order valence-corrected chi connectivity index (χ2v) is 5.77. The van der Waals surface area contributed by atoms with Gasteiger partial charge in [0.2, 0.25) is 0 Å². The second kappa shape index (κ2) is 8.36. The molecule has 1 aromatic carbocycles. The lowest BCUT2D eigenvalue weighted by atomic mass is 10.3. The Kier molecular flexibility index (Phi) is 6.15. The molecule has 0 aliphatic rings. The van der Waals surface area contributed by atoms with Crippen molar-refractivity contribution in [3.8, 4) is 0 Å². The zero-order valence-electron chi connectivity index (χ0n) is 12.1. The van der Waals surface area contributed by atoms with Gasteiger partial charge in [0.1, 0.15) is 0 Å². The molecule has 1 aromatic heterocycles. The summed E-state index contributed by atoms with van der Waals surface area (Å²) in [6.07, 6.45) is 6.31. The zero-order chi connectivity index (χ0) is 14.9. The summed E-state index contributed by atoms with van der Waals surface area (Å²) >= 11 is 1.72. The average molecular weight is 304 g/mol. The lowest BCUT2D eigenvalue weighted by molar-refractivity contribution is 0.251. The number of aromatic nitrogens is 2. The molecule has 0 radical (unpaired) electrons. The number of rotatable bonds is 7. The van der Waals surface area contributed by atoms with E-state index in [4.69, 9.17) is 0 Å². The van der Waals surface area contributed by atoms with Crippen molar-refractivity contribution in [2.24, 2.45) is 0 Å². The van der Waals surface area contributed by atoms with E-state index in [1.807, 2.05) is 35.0 Å². The highest BCUT2D eigenvalue weighted by Crippen LogP contribution is 2.26. The van der Waals surface area contributed by atoms with Gasteiger partial charge in [-0.25, -0.2) is 9.78 Å². The molecule has 21 heavy (non-hydrogen) atoms. The Bertz CT molecular complexity index is 557. The smallest absolute Gasteiger partial charge is 0.319 e. The fraction of sp³-hybridized carbons (Fsp3) is 0.333. The topological polar surface area (TPSA) is 59.0 Å². The maximum atomic E-state index is 11.9. The van der Waals surface area contributed by atoms with E-state index < -0.39 is 0 Å². The van der Waals surface area contributed by atoms with Crippen molar-refractivity contribution in [1.82, 2.24) is 14.9 Å². The number of benzene rings is 1. The number of para-hydroxylation sites is 1. The molecule has 2 amide bonds. The van der Waals surface area contributed by atoms with E-state index in [0.29, 0.717) is 6.54 Å². The molecule has 0 atom stereocenters. The van der Waals surface area contributed by atoms with Gasteiger partial charge in [0.25, 0.3) is 0 Å². The number of anilines is 1. The molecule has 6 heteroatoms. The first-order valence-electron chi connectivity index (χ1n) is 7.02. The van der Waals surface area contributed by atoms with Crippen LogP contribution < -0.4 is 10.6 Å². The molecule has 0 fully saturated rings. The molecule has 2 rings (SSSR count). The summed E-state index contributed by atoms with van der Waals surface area (Å²) in [5, 5.41) is 5.77. The van der Waals surface area contributed by atoms with Gasteiger partial charge in [-0.05, 0) is 24.3 Å². The predicted molar refractivity (Wildman–Crippen MR) is 86.7 cm³/mol. The summed E-state index contributed by atoms with van der Waals surface area (Å²) in [6, 6.07) is 7.68. The molecule has 0 spiro atoms. The number of amides is 2. The molecular formula is C15H20N4OS. The van der Waals surface area contributed by atoms with Crippen LogP contribution in [0.3, 0.4) is 0 Å². The number of nitrogens with one attached hydrogen (secondary N) is 2. The minimum absolute atomic E-state index is 0.162. The maximum absolute atomic E-state index is 11.9. The molecular weight excluding hydrogens is 284 g/mol. The fourth-order valence-electron chi connectivity index (χ4n) is 1.90. The largest absolute Gasteiger partial charge is 0.338 e. The van der Waals surface area contributed by atoms with Crippen molar-refractivity contribution >= 4 is 23.5 Å². The van der Waals surface area contributed by atoms with E-state index in [1.54, 1.807) is 24.3 Å². The van der Waals surface area contributed by atoms with Gasteiger partial charge < -0.3 is 15.2 Å². The van der Waals surface area contributed by atoms with E-state index in [0.717, 1.165) is 29.3 Å². The summed E-state index contributed by atoms with van der Waals surface area (Å²) in [5.41, 5.74) is 0.858. The molecule has 0 aliphatic heterocycles. The summed E-state index contributed by atoms with van der Waals surface area (Å²) in [4.78, 5) is 17.0. The summed E-state index contributed by atoms with van der Waals surface area (Å²) < 4.78 is 1.99. The molecule has 0 saturated carbocycles. The zero-order valence-corrected chi connectivity index (χ0v) is 12.9. The predicted octanol–water partition coefficient (Wildman–Crippen LogP) is 3.21. The van der Waals surface area contributed by atoms with Crippen molar-refractivity contribution < 1.29 is 4.79 Å². The molecule has 0 saturated heterocycles. The number of carbonyl (C=O) groups excluding carboxylic acids is 1. The Hall–Kier alpha value is -1.95. The lowest BCUT2D eigenvalue weighted by Gasteiger charge is -2.11. The third-order valence-electron chi connectivity index (χ3n) is 2.87. The SMILES string of the molecule is CCSc1ccccc1NC(=O)NCCCn1ccnc1. The number of hydrogen-bond acceptors (Lipinski definition) is 3. The van der Waals surface area contributed by atoms with Crippen molar-refractivity contribution in [3.63, 3.8) is 0 Å². The number of thioether (sulfide) groups is 1. The molecule has 1 heterocycles. The highest BCUT2D eigenvalue weighted by atomic mass is 32.2. The first-order valence-corrected chi connectivity index (χ1v) is 8.00. The van der Waals surface area contributed by atoms with Gasteiger partial charge >= 0.3 is 6.03 Å². The van der Waals surface area contributed by atoms with Crippen LogP contribution in [0.25, 0.3) is 0 Å². The van der Waals surface area contributed by atoms with E-state index >= 15 is 0 Å². The maximum Gasteiger partial charge on any atom is 0.319 e. The fourth-order valence-corrected chi connectivity index (χ4v) is 2.66. The Morgan fingerprint density at radius 1 is 1.38 bits per heavy atom. The van der Waals surface area contributed by atoms with Crippen LogP contribution in [0, 0.1) is 0 Å². The summed E-state index contributed by atoms with van der Waals surface area (Å²) in [5.74, 6) is 0.977. The van der Waals surface area contributed by atoms with Crippen LogP contribution >= 0.6 is 11.8 Å². The molecule has 5 nitrogen and oxygen atoms in total. The number of urea groups is 1. The van der Waals surface area contributed by atoms with E-state index in [9.17, 15) is 4.79 Å². The van der Waals surface area contributed by atoms with Gasteiger partial charge in [-0.2, -0.15) is 0 Å². The Labute approximate surface area is 129 Å². The van der Waals surface area contributed by atoms with Crippen LogP contribution in [-0.2, 0) is 6.54 Å². The third kappa shape index (κ3) is 5.15. The van der Waals surface area contributed by atoms with Crippen molar-refractivity contribution in [2.75, 3.05) is 17.6 Å². The lowest BCUT2D eigenvalue weighted by Crippen LogP contribution is -2.30. The number of aryl methyl sites for hydroxylation is 1. The monoisotopic (exact) mass is 304 g/mol. The number of carbonyl (C=O) groups is 1. The van der Waals surface area contributed by atoms with Crippen molar-refractivity contribution in [1.29, 1.82) is 0 Å². The molecule has 0 bridgehead atoms. The molecule has 0 unspecified atom stereocenters. The number of imidazole rings is 1. The van der Waals surface area contributed by atoms with Crippen molar-refractivity contribution in [3.05, 3.63) is 43.0 Å². The third-order valence-corrected chi connectivity index (χ3v) is 3.83. The Morgan fingerprint density at radius 3 is 3.00 bits per heavy atom. The molecule has 112 valence electrons. The quantitative estimate of drug-likeness (QED) is 0.610. The number of hydrogen-bond donors (Lipinski definition) is 2. The Morgan fingerprint density at radius 2 is 2.24 bits per heavy atom. The number of nitrogens with zero attached hydrogens (tertiary/aromatic N) is 2. The first kappa shape index (κ1) is 15.4. The average Bonchev–Trinajstić information content (AvgIpc) is 2.99. The van der Waals surface area contributed by atoms with Crippen LogP contribution in [0.15, 0.2) is 47.9 Å². The summed E-state index contributed by atoms with van der Waals surface area (Å²) in [6.45, 7) is 3.58.